The molecule has 6 aliphatic rings. The smallest absolute Gasteiger partial charge is 0.333 e. The van der Waals surface area contributed by atoms with Crippen molar-refractivity contribution in [2.24, 2.45) is 23.5 Å². The van der Waals surface area contributed by atoms with E-state index >= 15 is 9.59 Å². The largest absolute Gasteiger partial charge is 0.423 e. The first-order chi connectivity index (χ1) is 56.9. The highest BCUT2D eigenvalue weighted by Gasteiger charge is 2.50. The van der Waals surface area contributed by atoms with Gasteiger partial charge in [0.15, 0.2) is 5.75 Å². The Bertz CT molecular complexity index is 4370. The molecule has 45 nitrogen and oxygen atoms in total. The van der Waals surface area contributed by atoms with Gasteiger partial charge in [0, 0.05) is 99.8 Å². The third-order valence-corrected chi connectivity index (χ3v) is 21.7. The Kier molecular flexibility index (Phi) is 33.6. The van der Waals surface area contributed by atoms with Gasteiger partial charge in [0.2, 0.25) is 100 Å². The molecule has 120 heavy (non-hydrogen) atoms. The summed E-state index contributed by atoms with van der Waals surface area (Å²) in [4.78, 5) is 285. The first-order valence-corrected chi connectivity index (χ1v) is 39.7. The summed E-state index contributed by atoms with van der Waals surface area (Å²) < 4.78 is 17.1. The van der Waals surface area contributed by atoms with Gasteiger partial charge < -0.3 is 124 Å². The van der Waals surface area contributed by atoms with Crippen LogP contribution < -0.4 is 84.9 Å². The number of aromatic nitrogens is 1. The van der Waals surface area contributed by atoms with Gasteiger partial charge in [-0.15, -0.1) is 11.8 Å². The number of amides is 19. The average Bonchev–Trinajstić information content (AvgIpc) is 1.62. The number of hydrogen-bond donors (Lipinski definition) is 19. The van der Waals surface area contributed by atoms with Gasteiger partial charge in [0.25, 0.3) is 11.8 Å². The molecule has 7 heterocycles. The Morgan fingerprint density at radius 1 is 0.600 bits per heavy atom. The Morgan fingerprint density at radius 3 is 1.80 bits per heavy atom. The number of fused-ring (bicyclic) bond motifs is 6. The number of rotatable bonds is 9. The number of thioether (sulfide) groups is 1. The average molecular weight is 1700 g/mol. The zero-order chi connectivity index (χ0) is 88.1. The summed E-state index contributed by atoms with van der Waals surface area (Å²) in [5, 5.41) is 67.2. The molecule has 20 N–H and O–H groups in total. The summed E-state index contributed by atoms with van der Waals surface area (Å²) in [6.45, 7) is 3.91. The molecule has 0 saturated carbocycles. The number of aliphatic hydroxyl groups excluding tert-OH is 3. The van der Waals surface area contributed by atoms with Crippen LogP contribution in [0.25, 0.3) is 10.9 Å². The maximum Gasteiger partial charge on any atom is 0.333 e. The van der Waals surface area contributed by atoms with E-state index in [0.29, 0.717) is 23.1 Å². The predicted molar refractivity (Wildman–Crippen MR) is 416 cm³/mol. The summed E-state index contributed by atoms with van der Waals surface area (Å²) in [5.41, 5.74) is 5.10. The lowest BCUT2D eigenvalue weighted by atomic mass is 9.90. The maximum absolute atomic E-state index is 15.2. The second kappa shape index (κ2) is 43.1. The van der Waals surface area contributed by atoms with E-state index in [1.807, 2.05) is 0 Å². The quantitative estimate of drug-likeness (QED) is 0.0630. The molecule has 0 aliphatic carbocycles. The molecule has 1 aromatic heterocycles. The number of nitrogens with two attached hydrogens (primary N) is 1. The zero-order valence-electron chi connectivity index (χ0n) is 66.7. The summed E-state index contributed by atoms with van der Waals surface area (Å²) in [6.07, 6.45) is -1.58. The molecule has 1 aromatic carbocycles. The van der Waals surface area contributed by atoms with Crippen LogP contribution >= 0.6 is 11.8 Å². The minimum Gasteiger partial charge on any atom is -0.423 e. The molecule has 1 fully saturated rings. The van der Waals surface area contributed by atoms with Crippen molar-refractivity contribution in [2.45, 2.75) is 171 Å². The van der Waals surface area contributed by atoms with Crippen molar-refractivity contribution in [3.05, 3.63) is 42.0 Å². The Hall–Kier alpha value is -12.0. The third kappa shape index (κ3) is 24.8. The van der Waals surface area contributed by atoms with Gasteiger partial charge in [-0.25, -0.2) is 4.79 Å². The minimum absolute atomic E-state index is 0.0374. The highest BCUT2D eigenvalue weighted by molar-refractivity contribution is 7.99. The van der Waals surface area contributed by atoms with Crippen molar-refractivity contribution in [3.8, 4) is 5.75 Å². The molecular weight excluding hydrogens is 1600 g/mol. The van der Waals surface area contributed by atoms with Gasteiger partial charge in [-0.1, -0.05) is 33.3 Å². The fourth-order valence-electron chi connectivity index (χ4n) is 13.5. The van der Waals surface area contributed by atoms with E-state index in [0.717, 1.165) is 34.1 Å². The molecule has 2 bridgehead atoms. The summed E-state index contributed by atoms with van der Waals surface area (Å²) >= 11 is 0.707. The maximum atomic E-state index is 15.2. The molecule has 8 rings (SSSR count). The Balaban J connectivity index is 1.18. The van der Waals surface area contributed by atoms with E-state index in [1.165, 1.54) is 46.8 Å². The van der Waals surface area contributed by atoms with Crippen molar-refractivity contribution < 1.29 is 125 Å². The predicted octanol–water partition coefficient (Wildman–Crippen LogP) is -9.41. The Morgan fingerprint density at radius 2 is 1.20 bits per heavy atom. The first kappa shape index (κ1) is 93.5. The summed E-state index contributed by atoms with van der Waals surface area (Å²) in [5.74, 6) is -24.2. The lowest BCUT2D eigenvalue weighted by Gasteiger charge is -2.36. The number of anilines is 1. The number of ether oxygens (including phenoxy) is 3. The third-order valence-electron chi connectivity index (χ3n) is 20.5. The van der Waals surface area contributed by atoms with Crippen LogP contribution in [0.3, 0.4) is 0 Å². The fraction of sp³-hybridized carbons (Fsp3) is 0.568. The number of carbonyl (C=O) groups excluding carboxylic acids is 20. The number of imide groups is 1. The van der Waals surface area contributed by atoms with Crippen LogP contribution in [0.5, 0.6) is 5.75 Å². The van der Waals surface area contributed by atoms with Gasteiger partial charge in [-0.3, -0.25) is 96.0 Å². The second-order valence-electron chi connectivity index (χ2n) is 29.4. The first-order valence-electron chi connectivity index (χ1n) is 38.7. The molecule has 2 aromatic rings. The molecule has 0 radical (unpaired) electrons. The van der Waals surface area contributed by atoms with Crippen LogP contribution in [-0.4, -0.2) is 316 Å². The number of aliphatic hydroxyl groups is 3. The molecular formula is C74H101N19O26S. The van der Waals surface area contributed by atoms with Crippen molar-refractivity contribution >= 4 is 147 Å². The van der Waals surface area contributed by atoms with Gasteiger partial charge in [-0.2, -0.15) is 0 Å². The van der Waals surface area contributed by atoms with Crippen molar-refractivity contribution in [1.29, 1.82) is 0 Å². The van der Waals surface area contributed by atoms with Gasteiger partial charge in [0.1, 0.15) is 66.5 Å². The number of H-pyrrole nitrogens is 1. The van der Waals surface area contributed by atoms with E-state index in [1.54, 1.807) is 13.8 Å². The SMILES string of the molecule is CC[C@H](C)[C@@H]1CNC(=O)CNC(=O)[C@@H]2Cc3c([nH]c4cc5c(cc34)NC(=O)C(C)NC(=O)C(C)NC(=O)CCOCCNC(=O)C(N3CC=CC3=O)C(N3C(=O)C=CC3=O)C(=O)NCCOCCC(=O)NC(C)C(=O)NC(C)C(=O)O5)SC[C@H](NC(=O)CNC1=O)C(=O)N[C@@H](CC(N)=O)C(=O)N1C[C@H](O)C[C@H]1C(=O)N[C@@H](C(C)[C@@H](O)CO)C(=O)N2. The Labute approximate surface area is 689 Å². The number of nitrogens with zero attached hydrogens (tertiary/aromatic N) is 3. The number of benzene rings is 1. The number of carbonyl (C=O) groups is 20. The number of primary amides is 1. The lowest BCUT2D eigenvalue weighted by molar-refractivity contribution is -0.153. The number of esters is 1. The highest BCUT2D eigenvalue weighted by atomic mass is 32.2. The number of nitrogens with one attached hydrogen (secondary N) is 15. The topological polar surface area (TPSA) is 650 Å². The second-order valence-corrected chi connectivity index (χ2v) is 30.4. The van der Waals surface area contributed by atoms with Crippen LogP contribution in [-0.2, 0) is 112 Å². The lowest BCUT2D eigenvalue weighted by Crippen LogP contribution is -2.65. The van der Waals surface area contributed by atoms with Crippen molar-refractivity contribution in [1.82, 2.24) is 88.8 Å². The van der Waals surface area contributed by atoms with Gasteiger partial charge >= 0.3 is 5.97 Å². The summed E-state index contributed by atoms with van der Waals surface area (Å²) in [7, 11) is 0. The van der Waals surface area contributed by atoms with Gasteiger partial charge in [-0.05, 0) is 45.2 Å². The molecule has 1 saturated heterocycles. The monoisotopic (exact) mass is 1700 g/mol. The van der Waals surface area contributed by atoms with Gasteiger partial charge in [0.05, 0.1) is 86.9 Å². The van der Waals surface area contributed by atoms with E-state index in [4.69, 9.17) is 19.9 Å². The van der Waals surface area contributed by atoms with E-state index in [9.17, 15) is 102 Å². The van der Waals surface area contributed by atoms with Crippen molar-refractivity contribution in [2.75, 3.05) is 89.9 Å². The van der Waals surface area contributed by atoms with Crippen LogP contribution in [0.4, 0.5) is 5.69 Å². The van der Waals surface area contributed by atoms with E-state index < -0.39 is 290 Å². The van der Waals surface area contributed by atoms with Crippen LogP contribution in [0.1, 0.15) is 86.1 Å². The molecule has 6 aliphatic heterocycles. The fourth-order valence-corrected chi connectivity index (χ4v) is 14.6. The number of hydrogen-bond acceptors (Lipinski definition) is 27. The normalized spacial score (nSPS) is 28.1. The molecule has 654 valence electrons. The van der Waals surface area contributed by atoms with Crippen molar-refractivity contribution in [3.63, 3.8) is 0 Å². The highest BCUT2D eigenvalue weighted by Crippen LogP contribution is 2.38. The minimum atomic E-state index is -1.96. The standard InChI is InChI=1S/C74H101N19O26S/c1-8-33(2)42-27-78-54(100)28-80-66(109)45-24-41-40-23-44-50(25-43(40)89-72(41)120-32-47(85-55(101)29-79-65(42)108)67(110)88-46(26-51(75)97)73(115)92-30-39(95)22-48(92)68(111)90-59(69(112)87-45)34(3)49(96)31-94)119-74(116)38(7)84-63(106)36(5)82-53(99)14-19-118-21-16-77-71(114)61(93-57(103)11-12-58(93)104)60(91-17-9-10-56(91)102)70(113)76-15-20-117-18-13-52(98)81-35(4)62(105)83-37(6)64(107)86-44/h9-12,23,25,33-39,42,45-49,59-61,89,94-96H,8,13-22,24,26-32H2,1-7H3,(H2,75,97)(H,76,113)(H,77,114)(H,78,100)(H,79,108)(H,80,109)(H,81,98)(H,82,99)(H,83,105)(H,84,106)(H,85,101)(H,86,107)(H,87,112)(H,88,110)(H,90,111)/t33-,34?,35?,36?,37?,38?,39+,42-,45-,46-,47-,48-,49-,59-,60?,61?/m0/s1. The number of aromatic amines is 1. The summed E-state index contributed by atoms with van der Waals surface area (Å²) in [6, 6.07) is -16.7. The molecule has 16 atom stereocenters. The van der Waals surface area contributed by atoms with Crippen LogP contribution in [0.15, 0.2) is 41.5 Å². The van der Waals surface area contributed by atoms with Crippen LogP contribution in [0.2, 0.25) is 0 Å². The van der Waals surface area contributed by atoms with E-state index in [-0.39, 0.29) is 74.1 Å². The molecule has 46 heteroatoms. The molecule has 7 unspecified atom stereocenters. The zero-order valence-corrected chi connectivity index (χ0v) is 67.5. The molecule has 0 spiro atoms. The van der Waals surface area contributed by atoms with Crippen LogP contribution in [0, 0.1) is 17.8 Å². The molecule has 19 amide bonds. The van der Waals surface area contributed by atoms with E-state index in [2.05, 4.69) is 79.4 Å².